The van der Waals surface area contributed by atoms with Crippen LogP contribution in [0.2, 0.25) is 0 Å². The second-order valence-electron chi connectivity index (χ2n) is 1.78. The monoisotopic (exact) mass is 139 g/mol. The van der Waals surface area contributed by atoms with E-state index in [1.54, 1.807) is 0 Å². The summed E-state index contributed by atoms with van der Waals surface area (Å²) in [7, 11) is 0. The lowest BCUT2D eigenvalue weighted by Crippen LogP contribution is -1.83. The van der Waals surface area contributed by atoms with Gasteiger partial charge in [-0.15, -0.1) is 0 Å². The lowest BCUT2D eigenvalue weighted by atomic mass is 10.3. The summed E-state index contributed by atoms with van der Waals surface area (Å²) in [6.07, 6.45) is 2.77. The van der Waals surface area contributed by atoms with Gasteiger partial charge in [-0.3, -0.25) is 0 Å². The number of pyridine rings is 1. The third kappa shape index (κ3) is 1.13. The third-order valence-electron chi connectivity index (χ3n) is 1.08. The standard InChI is InChI=1S/C7H6FNO/c1-2-5-3-6(10)7(8)9-4-5/h2-4,10H,1H2. The van der Waals surface area contributed by atoms with Gasteiger partial charge in [-0.2, -0.15) is 4.39 Å². The van der Waals surface area contributed by atoms with Crippen molar-refractivity contribution in [1.29, 1.82) is 0 Å². The summed E-state index contributed by atoms with van der Waals surface area (Å²) in [4.78, 5) is 3.26. The molecule has 10 heavy (non-hydrogen) atoms. The average Bonchev–Trinajstić information content (AvgIpc) is 1.95. The van der Waals surface area contributed by atoms with E-state index in [0.29, 0.717) is 5.56 Å². The van der Waals surface area contributed by atoms with Crippen LogP contribution in [0.15, 0.2) is 18.8 Å². The van der Waals surface area contributed by atoms with Gasteiger partial charge in [-0.05, 0) is 11.6 Å². The van der Waals surface area contributed by atoms with Gasteiger partial charge in [-0.1, -0.05) is 12.7 Å². The molecule has 0 aliphatic heterocycles. The maximum absolute atomic E-state index is 12.2. The molecule has 0 aliphatic carbocycles. The number of hydrogen-bond donors (Lipinski definition) is 1. The van der Waals surface area contributed by atoms with Crippen LogP contribution in [0.25, 0.3) is 6.08 Å². The molecule has 1 rings (SSSR count). The maximum atomic E-state index is 12.2. The van der Waals surface area contributed by atoms with Gasteiger partial charge in [-0.25, -0.2) is 4.98 Å². The molecule has 0 aromatic carbocycles. The zero-order chi connectivity index (χ0) is 7.56. The van der Waals surface area contributed by atoms with Gasteiger partial charge >= 0.3 is 0 Å². The van der Waals surface area contributed by atoms with Gasteiger partial charge in [0.2, 0.25) is 0 Å². The fraction of sp³-hybridized carbons (Fsp3) is 0. The SMILES string of the molecule is C=Cc1cnc(F)c(O)c1. The molecule has 0 bridgehead atoms. The molecule has 0 fully saturated rings. The summed E-state index contributed by atoms with van der Waals surface area (Å²) < 4.78 is 12.2. The molecular weight excluding hydrogens is 133 g/mol. The highest BCUT2D eigenvalue weighted by atomic mass is 19.1. The molecule has 2 nitrogen and oxygen atoms in total. The summed E-state index contributed by atoms with van der Waals surface area (Å²) in [5, 5.41) is 8.75. The van der Waals surface area contributed by atoms with Crippen molar-refractivity contribution in [2.75, 3.05) is 0 Å². The molecular formula is C7H6FNO. The number of aromatic hydroxyl groups is 1. The fourth-order valence-electron chi connectivity index (χ4n) is 0.564. The zero-order valence-corrected chi connectivity index (χ0v) is 5.21. The third-order valence-corrected chi connectivity index (χ3v) is 1.08. The quantitative estimate of drug-likeness (QED) is 0.599. The molecule has 3 heteroatoms. The molecule has 0 unspecified atom stereocenters. The van der Waals surface area contributed by atoms with Gasteiger partial charge in [0.15, 0.2) is 5.75 Å². The molecule has 0 saturated heterocycles. The smallest absolute Gasteiger partial charge is 0.255 e. The Morgan fingerprint density at radius 2 is 2.40 bits per heavy atom. The van der Waals surface area contributed by atoms with Crippen LogP contribution in [0, 0.1) is 5.95 Å². The Morgan fingerprint density at radius 1 is 1.70 bits per heavy atom. The van der Waals surface area contributed by atoms with Crippen LogP contribution in [-0.4, -0.2) is 10.1 Å². The summed E-state index contributed by atoms with van der Waals surface area (Å²) in [6.45, 7) is 3.43. The van der Waals surface area contributed by atoms with Crippen LogP contribution in [0.1, 0.15) is 5.56 Å². The Bertz CT molecular complexity index is 260. The van der Waals surface area contributed by atoms with Crippen molar-refractivity contribution in [3.8, 4) is 5.75 Å². The molecule has 0 saturated carbocycles. The Morgan fingerprint density at radius 3 is 2.90 bits per heavy atom. The van der Waals surface area contributed by atoms with Gasteiger partial charge in [0.25, 0.3) is 5.95 Å². The lowest BCUT2D eigenvalue weighted by Gasteiger charge is -1.93. The largest absolute Gasteiger partial charge is 0.504 e. The van der Waals surface area contributed by atoms with E-state index in [1.165, 1.54) is 18.3 Å². The first-order valence-corrected chi connectivity index (χ1v) is 2.71. The first-order chi connectivity index (χ1) is 4.74. The van der Waals surface area contributed by atoms with Crippen molar-refractivity contribution in [1.82, 2.24) is 4.98 Å². The van der Waals surface area contributed by atoms with Crippen molar-refractivity contribution in [2.24, 2.45) is 0 Å². The highest BCUT2D eigenvalue weighted by Gasteiger charge is 1.99. The van der Waals surface area contributed by atoms with E-state index < -0.39 is 11.7 Å². The molecule has 0 spiro atoms. The highest BCUT2D eigenvalue weighted by Crippen LogP contribution is 2.13. The Labute approximate surface area is 57.7 Å². The summed E-state index contributed by atoms with van der Waals surface area (Å²) in [5.41, 5.74) is 0.596. The van der Waals surface area contributed by atoms with Crippen molar-refractivity contribution in [3.63, 3.8) is 0 Å². The minimum atomic E-state index is -0.856. The molecule has 1 N–H and O–H groups in total. The maximum Gasteiger partial charge on any atom is 0.255 e. The van der Waals surface area contributed by atoms with E-state index >= 15 is 0 Å². The Kier molecular flexibility index (Phi) is 1.67. The van der Waals surface area contributed by atoms with Crippen LogP contribution in [-0.2, 0) is 0 Å². The molecule has 0 aliphatic rings. The van der Waals surface area contributed by atoms with Crippen LogP contribution >= 0.6 is 0 Å². The van der Waals surface area contributed by atoms with Gasteiger partial charge < -0.3 is 5.11 Å². The molecule has 0 radical (unpaired) electrons. The fourth-order valence-corrected chi connectivity index (χ4v) is 0.564. The summed E-state index contributed by atoms with van der Waals surface area (Å²) in [5.74, 6) is -1.30. The molecule has 0 amide bonds. The minimum Gasteiger partial charge on any atom is -0.504 e. The van der Waals surface area contributed by atoms with Crippen LogP contribution in [0.5, 0.6) is 5.75 Å². The normalized spacial score (nSPS) is 9.30. The molecule has 1 aromatic heterocycles. The highest BCUT2D eigenvalue weighted by molar-refractivity contribution is 5.47. The molecule has 1 aromatic rings. The number of aromatic nitrogens is 1. The number of halogens is 1. The topological polar surface area (TPSA) is 33.1 Å². The number of rotatable bonds is 1. The van der Waals surface area contributed by atoms with Crippen molar-refractivity contribution in [3.05, 3.63) is 30.4 Å². The number of nitrogens with zero attached hydrogens (tertiary/aromatic N) is 1. The van der Waals surface area contributed by atoms with E-state index in [2.05, 4.69) is 11.6 Å². The second kappa shape index (κ2) is 2.47. The summed E-state index contributed by atoms with van der Waals surface area (Å²) >= 11 is 0. The van der Waals surface area contributed by atoms with E-state index in [4.69, 9.17) is 5.11 Å². The van der Waals surface area contributed by atoms with Crippen molar-refractivity contribution < 1.29 is 9.50 Å². The Balaban J connectivity index is 3.16. The van der Waals surface area contributed by atoms with Crippen LogP contribution in [0.4, 0.5) is 4.39 Å². The van der Waals surface area contributed by atoms with Crippen LogP contribution in [0.3, 0.4) is 0 Å². The van der Waals surface area contributed by atoms with Gasteiger partial charge in [0, 0.05) is 6.20 Å². The first-order valence-electron chi connectivity index (χ1n) is 2.71. The van der Waals surface area contributed by atoms with Crippen LogP contribution < -0.4 is 0 Å². The molecule has 1 heterocycles. The number of hydrogen-bond acceptors (Lipinski definition) is 2. The van der Waals surface area contributed by atoms with Gasteiger partial charge in [0.1, 0.15) is 0 Å². The lowest BCUT2D eigenvalue weighted by molar-refractivity contribution is 0.419. The second-order valence-corrected chi connectivity index (χ2v) is 1.78. The first kappa shape index (κ1) is 6.74. The summed E-state index contributed by atoms with van der Waals surface area (Å²) in [6, 6.07) is 1.26. The predicted octanol–water partition coefficient (Wildman–Crippen LogP) is 1.57. The zero-order valence-electron chi connectivity index (χ0n) is 5.21. The molecule has 0 atom stereocenters. The van der Waals surface area contributed by atoms with Crippen molar-refractivity contribution >= 4 is 6.08 Å². The average molecular weight is 139 g/mol. The predicted molar refractivity (Wildman–Crippen MR) is 36.0 cm³/mol. The van der Waals surface area contributed by atoms with E-state index in [9.17, 15) is 4.39 Å². The molecule has 52 valence electrons. The van der Waals surface area contributed by atoms with E-state index in [-0.39, 0.29) is 0 Å². The van der Waals surface area contributed by atoms with E-state index in [1.807, 2.05) is 0 Å². The minimum absolute atomic E-state index is 0.447. The Hall–Kier alpha value is -1.38. The van der Waals surface area contributed by atoms with E-state index in [0.717, 1.165) is 0 Å². The van der Waals surface area contributed by atoms with Gasteiger partial charge in [0.05, 0.1) is 0 Å². The van der Waals surface area contributed by atoms with Crippen molar-refractivity contribution in [2.45, 2.75) is 0 Å².